The predicted molar refractivity (Wildman–Crippen MR) is 127 cm³/mol. The lowest BCUT2D eigenvalue weighted by Gasteiger charge is -2.26. The van der Waals surface area contributed by atoms with Gasteiger partial charge in [0.1, 0.15) is 11.8 Å². The first-order valence-electron chi connectivity index (χ1n) is 10.4. The lowest BCUT2D eigenvalue weighted by Crippen LogP contribution is -2.40. The molecule has 0 unspecified atom stereocenters. The van der Waals surface area contributed by atoms with E-state index in [1.54, 1.807) is 29.8 Å². The highest BCUT2D eigenvalue weighted by Crippen LogP contribution is 2.36. The lowest BCUT2D eigenvalue weighted by molar-refractivity contribution is -0.139. The van der Waals surface area contributed by atoms with Crippen molar-refractivity contribution in [2.45, 2.75) is 39.8 Å². The van der Waals surface area contributed by atoms with Gasteiger partial charge in [0.05, 0.1) is 28.5 Å². The van der Waals surface area contributed by atoms with Crippen LogP contribution in [-0.4, -0.2) is 23.2 Å². The maximum Gasteiger partial charge on any atom is 0.338 e. The molecule has 0 fully saturated rings. The van der Waals surface area contributed by atoms with Crippen LogP contribution in [-0.2, 0) is 9.53 Å². The highest BCUT2D eigenvalue weighted by atomic mass is 32.1. The van der Waals surface area contributed by atoms with Gasteiger partial charge in [0.15, 0.2) is 4.80 Å². The summed E-state index contributed by atoms with van der Waals surface area (Å²) in [6.45, 7) is 7.65. The van der Waals surface area contributed by atoms with Crippen molar-refractivity contribution in [1.29, 1.82) is 0 Å². The molecule has 6 nitrogen and oxygen atoms in total. The van der Waals surface area contributed by atoms with Gasteiger partial charge in [0, 0.05) is 10.4 Å². The molecule has 8 heteroatoms. The Hall–Kier alpha value is -2.97. The van der Waals surface area contributed by atoms with Crippen molar-refractivity contribution in [3.8, 4) is 5.75 Å². The van der Waals surface area contributed by atoms with E-state index >= 15 is 0 Å². The van der Waals surface area contributed by atoms with Crippen LogP contribution in [0, 0.1) is 0 Å². The molecule has 0 aliphatic carbocycles. The Morgan fingerprint density at radius 3 is 2.72 bits per heavy atom. The number of thiazole rings is 1. The molecule has 3 heterocycles. The molecule has 1 aliphatic heterocycles. The second-order valence-electron chi connectivity index (χ2n) is 7.52. The number of fused-ring (bicyclic) bond motifs is 1. The quantitative estimate of drug-likeness (QED) is 0.518. The van der Waals surface area contributed by atoms with Gasteiger partial charge in [-0.3, -0.25) is 9.36 Å². The van der Waals surface area contributed by atoms with Crippen molar-refractivity contribution >= 4 is 34.7 Å². The Labute approximate surface area is 193 Å². The third-order valence-electron chi connectivity index (χ3n) is 4.91. The zero-order valence-corrected chi connectivity index (χ0v) is 20.0. The molecule has 166 valence electrons. The summed E-state index contributed by atoms with van der Waals surface area (Å²) >= 11 is 2.88. The number of carbonyl (C=O) groups is 1. The van der Waals surface area contributed by atoms with Crippen LogP contribution in [0.5, 0.6) is 5.75 Å². The fourth-order valence-corrected chi connectivity index (χ4v) is 5.43. The van der Waals surface area contributed by atoms with Gasteiger partial charge in [-0.2, -0.15) is 0 Å². The maximum absolute atomic E-state index is 13.6. The van der Waals surface area contributed by atoms with Crippen molar-refractivity contribution in [3.63, 3.8) is 0 Å². The Morgan fingerprint density at radius 2 is 2.03 bits per heavy atom. The second kappa shape index (κ2) is 9.26. The van der Waals surface area contributed by atoms with E-state index in [0.29, 0.717) is 26.4 Å². The van der Waals surface area contributed by atoms with Crippen molar-refractivity contribution in [2.24, 2.45) is 4.99 Å². The van der Waals surface area contributed by atoms with Crippen molar-refractivity contribution in [1.82, 2.24) is 4.57 Å². The zero-order chi connectivity index (χ0) is 22.8. The van der Waals surface area contributed by atoms with E-state index in [0.717, 1.165) is 10.4 Å². The maximum atomic E-state index is 13.6. The molecule has 0 bridgehead atoms. The number of hydrogen-bond acceptors (Lipinski definition) is 7. The number of ether oxygens (including phenoxy) is 2. The number of carbonyl (C=O) groups excluding carboxylic acids is 1. The Bertz CT molecular complexity index is 1350. The van der Waals surface area contributed by atoms with Gasteiger partial charge in [0.25, 0.3) is 5.56 Å². The SMILES string of the molecule is CCOC(=O)C1=C(C)N=c2s/c(=C/c3cccs3)c(=O)n2[C@@H]1c1ccccc1OC(C)C. The Kier molecular flexibility index (Phi) is 6.43. The van der Waals surface area contributed by atoms with E-state index in [9.17, 15) is 9.59 Å². The number of allylic oxidation sites excluding steroid dienone is 1. The van der Waals surface area contributed by atoms with Gasteiger partial charge in [-0.1, -0.05) is 35.6 Å². The first-order chi connectivity index (χ1) is 15.4. The summed E-state index contributed by atoms with van der Waals surface area (Å²) < 4.78 is 13.6. The molecule has 32 heavy (non-hydrogen) atoms. The Morgan fingerprint density at radius 1 is 1.25 bits per heavy atom. The van der Waals surface area contributed by atoms with E-state index in [4.69, 9.17) is 9.47 Å². The van der Waals surface area contributed by atoms with E-state index in [2.05, 4.69) is 4.99 Å². The molecule has 0 saturated heterocycles. The number of rotatable bonds is 6. The van der Waals surface area contributed by atoms with Crippen LogP contribution in [0.2, 0.25) is 0 Å². The molecular weight excluding hydrogens is 444 g/mol. The molecule has 0 amide bonds. The number of thiophene rings is 1. The summed E-state index contributed by atoms with van der Waals surface area (Å²) in [6, 6.07) is 10.7. The molecule has 1 aliphatic rings. The van der Waals surface area contributed by atoms with Crippen LogP contribution in [0.3, 0.4) is 0 Å². The van der Waals surface area contributed by atoms with E-state index in [1.165, 1.54) is 11.3 Å². The molecular formula is C24H24N2O4S2. The summed E-state index contributed by atoms with van der Waals surface area (Å²) in [6.07, 6.45) is 1.80. The van der Waals surface area contributed by atoms with Crippen LogP contribution >= 0.6 is 22.7 Å². The zero-order valence-electron chi connectivity index (χ0n) is 18.3. The topological polar surface area (TPSA) is 69.9 Å². The summed E-state index contributed by atoms with van der Waals surface area (Å²) in [4.78, 5) is 32.7. The van der Waals surface area contributed by atoms with Gasteiger partial charge < -0.3 is 9.47 Å². The van der Waals surface area contributed by atoms with Gasteiger partial charge in [-0.05, 0) is 51.3 Å². The number of hydrogen-bond donors (Lipinski definition) is 0. The molecule has 4 rings (SSSR count). The number of para-hydroxylation sites is 1. The summed E-state index contributed by atoms with van der Waals surface area (Å²) in [7, 11) is 0. The summed E-state index contributed by atoms with van der Waals surface area (Å²) in [5.74, 6) is 0.141. The second-order valence-corrected chi connectivity index (χ2v) is 9.51. The minimum Gasteiger partial charge on any atom is -0.491 e. The highest BCUT2D eigenvalue weighted by Gasteiger charge is 2.35. The monoisotopic (exact) mass is 468 g/mol. The van der Waals surface area contributed by atoms with Crippen LogP contribution in [0.15, 0.2) is 62.8 Å². The van der Waals surface area contributed by atoms with Crippen molar-refractivity contribution in [3.05, 3.63) is 83.2 Å². The molecule has 0 N–H and O–H groups in total. The first-order valence-corrected chi connectivity index (χ1v) is 12.1. The van der Waals surface area contributed by atoms with Gasteiger partial charge >= 0.3 is 5.97 Å². The summed E-state index contributed by atoms with van der Waals surface area (Å²) in [5.41, 5.74) is 1.42. The van der Waals surface area contributed by atoms with E-state index in [-0.39, 0.29) is 18.3 Å². The van der Waals surface area contributed by atoms with Crippen molar-refractivity contribution in [2.75, 3.05) is 6.61 Å². The third kappa shape index (κ3) is 4.20. The molecule has 2 aromatic heterocycles. The number of nitrogens with zero attached hydrogens (tertiary/aromatic N) is 2. The number of benzene rings is 1. The fourth-order valence-electron chi connectivity index (χ4n) is 3.66. The van der Waals surface area contributed by atoms with Gasteiger partial charge in [-0.15, -0.1) is 11.3 Å². The smallest absolute Gasteiger partial charge is 0.338 e. The minimum atomic E-state index is -0.689. The van der Waals surface area contributed by atoms with Crippen LogP contribution in [0.1, 0.15) is 44.2 Å². The number of aromatic nitrogens is 1. The largest absolute Gasteiger partial charge is 0.491 e. The summed E-state index contributed by atoms with van der Waals surface area (Å²) in [5, 5.41) is 1.97. The van der Waals surface area contributed by atoms with Crippen molar-refractivity contribution < 1.29 is 14.3 Å². The van der Waals surface area contributed by atoms with Gasteiger partial charge in [-0.25, -0.2) is 9.79 Å². The molecule has 3 aromatic rings. The number of esters is 1. The van der Waals surface area contributed by atoms with Crippen LogP contribution in [0.4, 0.5) is 0 Å². The van der Waals surface area contributed by atoms with E-state index < -0.39 is 12.0 Å². The molecule has 0 saturated carbocycles. The average Bonchev–Trinajstić information content (AvgIpc) is 3.36. The first kappa shape index (κ1) is 22.2. The van der Waals surface area contributed by atoms with Gasteiger partial charge in [0.2, 0.25) is 0 Å². The van der Waals surface area contributed by atoms with Crippen LogP contribution < -0.4 is 19.6 Å². The Balaban J connectivity index is 1.99. The molecule has 1 atom stereocenters. The lowest BCUT2D eigenvalue weighted by atomic mass is 9.95. The van der Waals surface area contributed by atoms with E-state index in [1.807, 2.05) is 61.7 Å². The average molecular weight is 469 g/mol. The standard InChI is InChI=1S/C24H24N2O4S2/c1-5-29-23(28)20-15(4)25-24-26(22(27)19(32-24)13-16-9-8-12-31-16)21(20)17-10-6-7-11-18(17)30-14(2)3/h6-14,21H,5H2,1-4H3/b19-13+/t21-/m1/s1. The minimum absolute atomic E-state index is 0.0677. The normalized spacial score (nSPS) is 16.2. The molecule has 0 spiro atoms. The predicted octanol–water partition coefficient (Wildman–Crippen LogP) is 3.65. The van der Waals surface area contributed by atoms with Crippen LogP contribution in [0.25, 0.3) is 6.08 Å². The third-order valence-corrected chi connectivity index (χ3v) is 6.71. The fraction of sp³-hybridized carbons (Fsp3) is 0.292. The molecule has 0 radical (unpaired) electrons. The molecule has 1 aromatic carbocycles. The highest BCUT2D eigenvalue weighted by molar-refractivity contribution is 7.11.